The van der Waals surface area contributed by atoms with Crippen LogP contribution in [0.3, 0.4) is 0 Å². The second kappa shape index (κ2) is 7.02. The summed E-state index contributed by atoms with van der Waals surface area (Å²) >= 11 is 0. The Morgan fingerprint density at radius 1 is 1.40 bits per heavy atom. The van der Waals surface area contributed by atoms with Crippen molar-refractivity contribution in [1.82, 2.24) is 10.6 Å². The van der Waals surface area contributed by atoms with Gasteiger partial charge in [-0.25, -0.2) is 4.79 Å². The van der Waals surface area contributed by atoms with Crippen LogP contribution in [0, 0.1) is 11.8 Å². The average Bonchev–Trinajstić information content (AvgIpc) is 3.36. The molecule has 0 aromatic carbocycles. The van der Waals surface area contributed by atoms with Crippen molar-refractivity contribution in [2.75, 3.05) is 13.7 Å². The monoisotopic (exact) mass is 354 g/mol. The summed E-state index contributed by atoms with van der Waals surface area (Å²) in [5, 5.41) is 5.65. The Labute approximate surface area is 144 Å². The van der Waals surface area contributed by atoms with Gasteiger partial charge in [0.1, 0.15) is 5.54 Å². The van der Waals surface area contributed by atoms with Crippen molar-refractivity contribution in [3.8, 4) is 0 Å². The molecule has 2 amide bonds. The van der Waals surface area contributed by atoms with Gasteiger partial charge in [0.15, 0.2) is 12.0 Å². The Hall–Kier alpha value is -2.11. The van der Waals surface area contributed by atoms with Crippen LogP contribution in [0.1, 0.15) is 19.8 Å². The summed E-state index contributed by atoms with van der Waals surface area (Å²) in [6.45, 7) is -0.400. The lowest BCUT2D eigenvalue weighted by atomic mass is 9.82. The maximum absolute atomic E-state index is 12.5. The van der Waals surface area contributed by atoms with Crippen LogP contribution < -0.4 is 10.6 Å². The number of urea groups is 1. The second-order valence-corrected chi connectivity index (χ2v) is 6.33. The molecule has 136 valence electrons. The van der Waals surface area contributed by atoms with Crippen molar-refractivity contribution < 1.29 is 27.8 Å². The maximum Gasteiger partial charge on any atom is 0.388 e. The minimum Gasteiger partial charge on any atom is -0.426 e. The molecule has 1 saturated carbocycles. The van der Waals surface area contributed by atoms with Crippen molar-refractivity contribution in [3.05, 3.63) is 35.1 Å². The smallest absolute Gasteiger partial charge is 0.388 e. The first-order valence-electron chi connectivity index (χ1n) is 8.08. The molecule has 6 nitrogen and oxygen atoms in total. The Bertz CT molecular complexity index is 676. The Morgan fingerprint density at radius 2 is 2.16 bits per heavy atom. The highest BCUT2D eigenvalue weighted by Crippen LogP contribution is 2.49. The van der Waals surface area contributed by atoms with E-state index in [1.165, 1.54) is 12.2 Å². The number of carbonyl (C=O) groups is 1. The molecule has 3 aliphatic rings. The summed E-state index contributed by atoms with van der Waals surface area (Å²) in [6.07, 6.45) is 4.22. The van der Waals surface area contributed by atoms with Gasteiger partial charge in [0.25, 0.3) is 0 Å². The van der Waals surface area contributed by atoms with Gasteiger partial charge in [-0.2, -0.15) is 8.78 Å². The molecule has 0 bridgehead atoms. The van der Waals surface area contributed by atoms with Crippen LogP contribution >= 0.6 is 0 Å². The zero-order chi connectivity index (χ0) is 18.0. The van der Waals surface area contributed by atoms with E-state index in [1.54, 1.807) is 7.11 Å². The topological polar surface area (TPSA) is 68.8 Å². The third-order valence-electron chi connectivity index (χ3n) is 4.69. The fourth-order valence-electron chi connectivity index (χ4n) is 3.40. The van der Waals surface area contributed by atoms with Crippen molar-refractivity contribution in [3.63, 3.8) is 0 Å². The zero-order valence-electron chi connectivity index (χ0n) is 14.0. The third kappa shape index (κ3) is 3.62. The van der Waals surface area contributed by atoms with Crippen LogP contribution in [-0.2, 0) is 14.2 Å². The molecule has 3 atom stereocenters. The second-order valence-electron chi connectivity index (χ2n) is 6.33. The van der Waals surface area contributed by atoms with E-state index in [4.69, 9.17) is 9.47 Å². The van der Waals surface area contributed by atoms with E-state index in [-0.39, 0.29) is 11.7 Å². The summed E-state index contributed by atoms with van der Waals surface area (Å²) in [5.41, 5.74) is 4.71. The lowest BCUT2D eigenvalue weighted by molar-refractivity contribution is -0.127. The standard InChI is InChI=1S/C17H20F2N2O4/c1-10-9-24-14(23-2)17(10,11-3-4-11)21-16(22)20-12-5-7-13(8-6-12)25-15(18)19/h5,7,10-11,14-15H,3-4,9H2,1-2H3,(H2,20,21,22). The summed E-state index contributed by atoms with van der Waals surface area (Å²) in [4.78, 5) is 12.5. The Balaban J connectivity index is 1.71. The number of methoxy groups -OCH3 is 1. The summed E-state index contributed by atoms with van der Waals surface area (Å²) in [5.74, 6) is 0.263. The quantitative estimate of drug-likeness (QED) is 0.719. The molecule has 25 heavy (non-hydrogen) atoms. The molecule has 1 heterocycles. The van der Waals surface area contributed by atoms with Gasteiger partial charge < -0.3 is 24.8 Å². The summed E-state index contributed by atoms with van der Waals surface area (Å²) < 4.78 is 39.6. The molecule has 2 fully saturated rings. The Morgan fingerprint density at radius 3 is 2.72 bits per heavy atom. The number of alkyl halides is 2. The zero-order valence-corrected chi connectivity index (χ0v) is 14.0. The molecule has 3 rings (SSSR count). The third-order valence-corrected chi connectivity index (χ3v) is 4.69. The normalized spacial score (nSPS) is 30.9. The molecular weight excluding hydrogens is 334 g/mol. The minimum absolute atomic E-state index is 0.105. The van der Waals surface area contributed by atoms with Crippen molar-refractivity contribution in [2.24, 2.45) is 11.8 Å². The van der Waals surface area contributed by atoms with Gasteiger partial charge in [0.05, 0.1) is 12.3 Å². The predicted molar refractivity (Wildman–Crippen MR) is 83.3 cm³/mol. The van der Waals surface area contributed by atoms with E-state index in [0.717, 1.165) is 12.8 Å². The summed E-state index contributed by atoms with van der Waals surface area (Å²) in [6, 6.07) is -0.432. The molecule has 8 heteroatoms. The fourth-order valence-corrected chi connectivity index (χ4v) is 3.40. The highest BCUT2D eigenvalue weighted by molar-refractivity contribution is 5.77. The van der Waals surface area contributed by atoms with Gasteiger partial charge in [-0.15, -0.1) is 0 Å². The number of nitrogens with one attached hydrogen (secondary N) is 2. The van der Waals surface area contributed by atoms with Gasteiger partial charge in [-0.05, 0) is 42.4 Å². The molecule has 0 radical (unpaired) electrons. The molecule has 0 spiro atoms. The number of hydrogen-bond donors (Lipinski definition) is 2. The molecule has 0 aromatic rings. The Kier molecular flexibility index (Phi) is 4.97. The minimum atomic E-state index is -2.93. The molecule has 0 aromatic heterocycles. The van der Waals surface area contributed by atoms with Crippen LogP contribution in [0.4, 0.5) is 13.6 Å². The van der Waals surface area contributed by atoms with Crippen molar-refractivity contribution in [1.29, 1.82) is 0 Å². The van der Waals surface area contributed by atoms with Crippen LogP contribution in [0.25, 0.3) is 0 Å². The maximum atomic E-state index is 12.5. The van der Waals surface area contributed by atoms with Crippen LogP contribution in [0.15, 0.2) is 35.1 Å². The van der Waals surface area contributed by atoms with E-state index in [2.05, 4.69) is 26.8 Å². The lowest BCUT2D eigenvalue weighted by Gasteiger charge is -2.37. The molecule has 2 aliphatic carbocycles. The number of amides is 2. The van der Waals surface area contributed by atoms with Crippen molar-refractivity contribution >= 4 is 6.03 Å². The number of carbonyl (C=O) groups excluding carboxylic acids is 1. The SMILES string of the molecule is COC1OCC(C)C1(NC(=O)NC1=C=C=C(OC(F)F)C=C1)C1CC1. The van der Waals surface area contributed by atoms with Gasteiger partial charge >= 0.3 is 12.6 Å². The van der Waals surface area contributed by atoms with Gasteiger partial charge in [0.2, 0.25) is 0 Å². The predicted octanol–water partition coefficient (Wildman–Crippen LogP) is 2.40. The van der Waals surface area contributed by atoms with E-state index < -0.39 is 24.5 Å². The lowest BCUT2D eigenvalue weighted by Crippen LogP contribution is -2.61. The molecule has 2 N–H and O–H groups in total. The van der Waals surface area contributed by atoms with Crippen LogP contribution in [0.5, 0.6) is 0 Å². The number of rotatable bonds is 6. The number of hydrogen-bond acceptors (Lipinski definition) is 4. The number of halogens is 2. The van der Waals surface area contributed by atoms with E-state index in [0.29, 0.717) is 18.2 Å². The highest BCUT2D eigenvalue weighted by atomic mass is 19.3. The molecule has 1 saturated heterocycles. The average molecular weight is 354 g/mol. The van der Waals surface area contributed by atoms with E-state index in [9.17, 15) is 13.6 Å². The first-order valence-corrected chi connectivity index (χ1v) is 8.08. The van der Waals surface area contributed by atoms with Crippen LogP contribution in [0.2, 0.25) is 0 Å². The van der Waals surface area contributed by atoms with Gasteiger partial charge in [-0.3, -0.25) is 0 Å². The number of allylic oxidation sites excluding steroid dienone is 2. The first kappa shape index (κ1) is 17.7. The van der Waals surface area contributed by atoms with E-state index in [1.807, 2.05) is 6.92 Å². The molecular formula is C17H20F2N2O4. The van der Waals surface area contributed by atoms with E-state index >= 15 is 0 Å². The van der Waals surface area contributed by atoms with Crippen molar-refractivity contribution in [2.45, 2.75) is 38.2 Å². The highest BCUT2D eigenvalue weighted by Gasteiger charge is 2.59. The molecule has 3 unspecified atom stereocenters. The molecule has 1 aliphatic heterocycles. The number of ether oxygens (including phenoxy) is 3. The summed E-state index contributed by atoms with van der Waals surface area (Å²) in [7, 11) is 1.56. The van der Waals surface area contributed by atoms with Gasteiger partial charge in [-0.1, -0.05) is 6.92 Å². The largest absolute Gasteiger partial charge is 0.426 e. The first-order chi connectivity index (χ1) is 12.0. The van der Waals surface area contributed by atoms with Gasteiger partial charge in [0, 0.05) is 13.0 Å². The fraction of sp³-hybridized carbons (Fsp3) is 0.588. The van der Waals surface area contributed by atoms with Crippen LogP contribution in [-0.4, -0.2) is 38.2 Å².